The summed E-state index contributed by atoms with van der Waals surface area (Å²) in [4.78, 5) is 28.1. The number of aromatic amines is 1. The zero-order chi connectivity index (χ0) is 19.5. The molecule has 1 amide bonds. The number of carbonyl (C=O) groups is 1. The topological polar surface area (TPSA) is 76.1 Å². The minimum Gasteiger partial charge on any atom is -0.376 e. The van der Waals surface area contributed by atoms with Crippen LogP contribution in [0, 0.1) is 4.77 Å². The standard InChI is InChI=1S/C21H21N3O3S/c25-19(22-12-16-4-3-11-27-16)15-9-7-14(8-10-15)13-24-20(26)17-5-1-2-6-18(17)23-21(24)28/h1-2,5-10,16H,3-4,11-13H2,(H,22,25)(H,23,28)/t16-/m0/s1. The minimum absolute atomic E-state index is 0.115. The molecule has 0 spiro atoms. The summed E-state index contributed by atoms with van der Waals surface area (Å²) in [6, 6.07) is 14.5. The van der Waals surface area contributed by atoms with Crippen molar-refractivity contribution < 1.29 is 9.53 Å². The Labute approximate surface area is 167 Å². The second-order valence-corrected chi connectivity index (χ2v) is 7.30. The quantitative estimate of drug-likeness (QED) is 0.651. The summed E-state index contributed by atoms with van der Waals surface area (Å²) in [7, 11) is 0. The number of para-hydroxylation sites is 1. The molecule has 0 unspecified atom stereocenters. The molecule has 1 aliphatic heterocycles. The largest absolute Gasteiger partial charge is 0.376 e. The Morgan fingerprint density at radius 3 is 2.75 bits per heavy atom. The first kappa shape index (κ1) is 18.6. The number of fused-ring (bicyclic) bond motifs is 1. The molecule has 0 radical (unpaired) electrons. The monoisotopic (exact) mass is 395 g/mol. The first-order chi connectivity index (χ1) is 13.6. The fourth-order valence-electron chi connectivity index (χ4n) is 3.40. The molecule has 6 nitrogen and oxygen atoms in total. The molecule has 0 bridgehead atoms. The number of H-pyrrole nitrogens is 1. The van der Waals surface area contributed by atoms with Gasteiger partial charge in [-0.25, -0.2) is 0 Å². The number of benzene rings is 2. The summed E-state index contributed by atoms with van der Waals surface area (Å²) in [6.45, 7) is 1.64. The Bertz CT molecular complexity index is 1110. The number of carbonyl (C=O) groups excluding carboxylic acids is 1. The molecule has 0 saturated carbocycles. The maximum absolute atomic E-state index is 12.7. The van der Waals surface area contributed by atoms with Crippen molar-refractivity contribution >= 4 is 29.0 Å². The molecule has 28 heavy (non-hydrogen) atoms. The van der Waals surface area contributed by atoms with Gasteiger partial charge in [-0.2, -0.15) is 0 Å². The fraction of sp³-hybridized carbons (Fsp3) is 0.286. The number of nitrogens with one attached hydrogen (secondary N) is 2. The van der Waals surface area contributed by atoms with E-state index in [1.54, 1.807) is 18.2 Å². The van der Waals surface area contributed by atoms with Crippen LogP contribution < -0.4 is 10.9 Å². The van der Waals surface area contributed by atoms with E-state index in [0.29, 0.717) is 28.8 Å². The minimum atomic E-state index is -0.127. The molecule has 144 valence electrons. The highest BCUT2D eigenvalue weighted by Crippen LogP contribution is 2.12. The summed E-state index contributed by atoms with van der Waals surface area (Å²) in [6.07, 6.45) is 2.15. The number of nitrogens with zero attached hydrogens (tertiary/aromatic N) is 1. The summed E-state index contributed by atoms with van der Waals surface area (Å²) < 4.78 is 7.43. The molecular weight excluding hydrogens is 374 g/mol. The SMILES string of the molecule is O=C(NC[C@@H]1CCCO1)c1ccc(Cn2c(=S)[nH]c3ccccc3c2=O)cc1. The second kappa shape index (κ2) is 8.08. The molecule has 4 rings (SSSR count). The summed E-state index contributed by atoms with van der Waals surface area (Å²) in [5.74, 6) is -0.123. The average molecular weight is 395 g/mol. The van der Waals surface area contributed by atoms with Gasteiger partial charge in [0.15, 0.2) is 4.77 Å². The molecule has 3 aromatic rings. The van der Waals surface area contributed by atoms with E-state index in [0.717, 1.165) is 30.5 Å². The number of hydrogen-bond acceptors (Lipinski definition) is 4. The van der Waals surface area contributed by atoms with Gasteiger partial charge in [0.05, 0.1) is 23.6 Å². The van der Waals surface area contributed by atoms with Gasteiger partial charge in [0.25, 0.3) is 11.5 Å². The number of ether oxygens (including phenoxy) is 1. The van der Waals surface area contributed by atoms with Gasteiger partial charge in [-0.15, -0.1) is 0 Å². The smallest absolute Gasteiger partial charge is 0.262 e. The molecular formula is C21H21N3O3S. The molecule has 2 aromatic carbocycles. The second-order valence-electron chi connectivity index (χ2n) is 6.91. The average Bonchev–Trinajstić information content (AvgIpc) is 3.23. The van der Waals surface area contributed by atoms with Crippen LogP contribution in [0.25, 0.3) is 10.9 Å². The predicted molar refractivity (Wildman–Crippen MR) is 110 cm³/mol. The van der Waals surface area contributed by atoms with Gasteiger partial charge in [-0.3, -0.25) is 14.2 Å². The third-order valence-electron chi connectivity index (χ3n) is 4.96. The van der Waals surface area contributed by atoms with E-state index >= 15 is 0 Å². The van der Waals surface area contributed by atoms with Crippen LogP contribution in [0.15, 0.2) is 53.3 Å². The van der Waals surface area contributed by atoms with Crippen molar-refractivity contribution in [2.24, 2.45) is 0 Å². The molecule has 1 aliphatic rings. The number of aromatic nitrogens is 2. The molecule has 0 aliphatic carbocycles. The lowest BCUT2D eigenvalue weighted by molar-refractivity contribution is 0.0858. The van der Waals surface area contributed by atoms with Crippen LogP contribution in [0.5, 0.6) is 0 Å². The normalized spacial score (nSPS) is 16.4. The Balaban J connectivity index is 1.49. The predicted octanol–water partition coefficient (Wildman–Crippen LogP) is 3.02. The lowest BCUT2D eigenvalue weighted by Crippen LogP contribution is -2.31. The van der Waals surface area contributed by atoms with E-state index in [9.17, 15) is 9.59 Å². The fourth-order valence-corrected chi connectivity index (χ4v) is 3.66. The van der Waals surface area contributed by atoms with Gasteiger partial charge in [0, 0.05) is 18.7 Å². The van der Waals surface area contributed by atoms with Crippen molar-refractivity contribution in [3.63, 3.8) is 0 Å². The first-order valence-electron chi connectivity index (χ1n) is 9.32. The van der Waals surface area contributed by atoms with Crippen LogP contribution in [0.3, 0.4) is 0 Å². The number of amides is 1. The van der Waals surface area contributed by atoms with Crippen molar-refractivity contribution in [2.75, 3.05) is 13.2 Å². The Morgan fingerprint density at radius 1 is 1.21 bits per heavy atom. The van der Waals surface area contributed by atoms with E-state index in [2.05, 4.69) is 10.3 Å². The number of rotatable bonds is 5. The molecule has 1 fully saturated rings. The molecule has 1 saturated heterocycles. The lowest BCUT2D eigenvalue weighted by Gasteiger charge is -2.11. The maximum atomic E-state index is 12.7. The van der Waals surface area contributed by atoms with Crippen molar-refractivity contribution in [1.82, 2.24) is 14.9 Å². The summed E-state index contributed by atoms with van der Waals surface area (Å²) >= 11 is 5.35. The van der Waals surface area contributed by atoms with Crippen molar-refractivity contribution in [3.8, 4) is 0 Å². The molecule has 2 N–H and O–H groups in total. The Kier molecular flexibility index (Phi) is 5.36. The highest BCUT2D eigenvalue weighted by molar-refractivity contribution is 7.71. The van der Waals surface area contributed by atoms with E-state index in [1.165, 1.54) is 4.57 Å². The van der Waals surface area contributed by atoms with E-state index < -0.39 is 0 Å². The molecule has 7 heteroatoms. The van der Waals surface area contributed by atoms with Crippen LogP contribution in [-0.2, 0) is 11.3 Å². The Morgan fingerprint density at radius 2 is 2.00 bits per heavy atom. The van der Waals surface area contributed by atoms with Gasteiger partial charge in [0.1, 0.15) is 0 Å². The summed E-state index contributed by atoms with van der Waals surface area (Å²) in [5, 5.41) is 3.51. The zero-order valence-electron chi connectivity index (χ0n) is 15.3. The van der Waals surface area contributed by atoms with Crippen LogP contribution in [0.1, 0.15) is 28.8 Å². The van der Waals surface area contributed by atoms with Crippen LogP contribution >= 0.6 is 12.2 Å². The molecule has 2 heterocycles. The van der Waals surface area contributed by atoms with Crippen molar-refractivity contribution in [2.45, 2.75) is 25.5 Å². The van der Waals surface area contributed by atoms with Gasteiger partial charge >= 0.3 is 0 Å². The van der Waals surface area contributed by atoms with E-state index in [-0.39, 0.29) is 17.6 Å². The van der Waals surface area contributed by atoms with Crippen molar-refractivity contribution in [3.05, 3.63) is 74.8 Å². The molecule has 1 atom stereocenters. The Hall–Kier alpha value is -2.77. The van der Waals surface area contributed by atoms with E-state index in [4.69, 9.17) is 17.0 Å². The molecule has 1 aromatic heterocycles. The lowest BCUT2D eigenvalue weighted by atomic mass is 10.1. The highest BCUT2D eigenvalue weighted by Gasteiger charge is 2.16. The van der Waals surface area contributed by atoms with Crippen LogP contribution in [0.2, 0.25) is 0 Å². The van der Waals surface area contributed by atoms with Crippen LogP contribution in [0.4, 0.5) is 0 Å². The first-order valence-corrected chi connectivity index (χ1v) is 9.73. The van der Waals surface area contributed by atoms with Gasteiger partial charge in [-0.05, 0) is 54.9 Å². The van der Waals surface area contributed by atoms with Gasteiger partial charge in [-0.1, -0.05) is 24.3 Å². The number of hydrogen-bond donors (Lipinski definition) is 2. The third kappa shape index (κ3) is 3.90. The van der Waals surface area contributed by atoms with Crippen LogP contribution in [-0.4, -0.2) is 34.7 Å². The highest BCUT2D eigenvalue weighted by atomic mass is 32.1. The zero-order valence-corrected chi connectivity index (χ0v) is 16.1. The van der Waals surface area contributed by atoms with Crippen molar-refractivity contribution in [1.29, 1.82) is 0 Å². The van der Waals surface area contributed by atoms with Gasteiger partial charge < -0.3 is 15.0 Å². The van der Waals surface area contributed by atoms with E-state index in [1.807, 2.05) is 30.3 Å². The van der Waals surface area contributed by atoms with Gasteiger partial charge in [0.2, 0.25) is 0 Å². The third-order valence-corrected chi connectivity index (χ3v) is 5.28. The maximum Gasteiger partial charge on any atom is 0.262 e. The summed E-state index contributed by atoms with van der Waals surface area (Å²) in [5.41, 5.74) is 2.08.